The maximum absolute atomic E-state index is 13.0. The molecule has 1 atom stereocenters. The average molecular weight is 256 g/mol. The number of urea groups is 1. The predicted octanol–water partition coefficient (Wildman–Crippen LogP) is 0.453. The molecule has 0 aromatic heterocycles. The number of benzene rings is 1. The number of ether oxygens (including phenoxy) is 1. The van der Waals surface area contributed by atoms with Crippen molar-refractivity contribution in [3.63, 3.8) is 0 Å². The van der Waals surface area contributed by atoms with E-state index in [9.17, 15) is 19.1 Å². The van der Waals surface area contributed by atoms with E-state index in [1.807, 2.05) is 0 Å². The molecule has 1 aromatic rings. The lowest BCUT2D eigenvalue weighted by atomic mass is 10.1. The molecule has 6 nitrogen and oxygen atoms in total. The van der Waals surface area contributed by atoms with Crippen LogP contribution in [0.3, 0.4) is 0 Å². The van der Waals surface area contributed by atoms with Gasteiger partial charge in [-0.25, -0.2) is 9.18 Å². The van der Waals surface area contributed by atoms with Crippen molar-refractivity contribution in [3.8, 4) is 5.75 Å². The lowest BCUT2D eigenvalue weighted by Gasteiger charge is -2.12. The highest BCUT2D eigenvalue weighted by molar-refractivity contribution is 5.94. The van der Waals surface area contributed by atoms with Crippen LogP contribution in [-0.2, 0) is 4.79 Å². The minimum absolute atomic E-state index is 0.0321. The van der Waals surface area contributed by atoms with Crippen molar-refractivity contribution in [1.82, 2.24) is 5.32 Å². The lowest BCUT2D eigenvalue weighted by molar-refractivity contribution is -0.121. The zero-order chi connectivity index (χ0) is 13.7. The molecular weight excluding hydrogens is 243 g/mol. The Hall–Kier alpha value is -2.15. The Kier molecular flexibility index (Phi) is 4.61. The fraction of sp³-hybridized carbons (Fsp3) is 0.273. The highest BCUT2D eigenvalue weighted by Gasteiger charge is 2.12. The third-order valence-electron chi connectivity index (χ3n) is 2.05. The smallest absolute Gasteiger partial charge is 0.318 e. The first-order valence-electron chi connectivity index (χ1n) is 5.09. The number of halogens is 1. The molecule has 1 rings (SSSR count). The molecule has 0 spiro atoms. The highest BCUT2D eigenvalue weighted by Crippen LogP contribution is 2.25. The molecule has 98 valence electrons. The van der Waals surface area contributed by atoms with E-state index in [1.54, 1.807) is 5.32 Å². The number of aliphatic hydroxyl groups excluding tert-OH is 1. The summed E-state index contributed by atoms with van der Waals surface area (Å²) < 4.78 is 18.0. The van der Waals surface area contributed by atoms with Crippen LogP contribution in [0, 0.1) is 5.82 Å². The molecule has 7 heteroatoms. The first kappa shape index (κ1) is 13.9. The number of carbonyl (C=O) groups is 2. The van der Waals surface area contributed by atoms with Crippen LogP contribution in [-0.4, -0.2) is 23.7 Å². The van der Waals surface area contributed by atoms with Gasteiger partial charge in [0.05, 0.1) is 6.10 Å². The Morgan fingerprint density at radius 2 is 2.22 bits per heavy atom. The lowest BCUT2D eigenvalue weighted by Crippen LogP contribution is -2.38. The number of rotatable bonds is 4. The molecule has 0 unspecified atom stereocenters. The van der Waals surface area contributed by atoms with Gasteiger partial charge in [0, 0.05) is 11.6 Å². The fourth-order valence-corrected chi connectivity index (χ4v) is 1.30. The van der Waals surface area contributed by atoms with E-state index in [-0.39, 0.29) is 5.75 Å². The summed E-state index contributed by atoms with van der Waals surface area (Å²) in [6.45, 7) is 0.968. The Morgan fingerprint density at radius 3 is 2.78 bits per heavy atom. The van der Waals surface area contributed by atoms with Gasteiger partial charge in [0.1, 0.15) is 11.6 Å². The number of nitrogens with one attached hydrogen (secondary N) is 1. The van der Waals surface area contributed by atoms with Crippen molar-refractivity contribution in [3.05, 3.63) is 29.6 Å². The summed E-state index contributed by atoms with van der Waals surface area (Å²) in [5, 5.41) is 11.2. The Bertz CT molecular complexity index is 462. The number of aliphatic hydroxyl groups is 1. The number of carbonyl (C=O) groups excluding carboxylic acids is 2. The van der Waals surface area contributed by atoms with Crippen LogP contribution in [0.2, 0.25) is 0 Å². The van der Waals surface area contributed by atoms with Gasteiger partial charge in [-0.15, -0.1) is 0 Å². The molecule has 0 radical (unpaired) electrons. The van der Waals surface area contributed by atoms with Gasteiger partial charge in [0.25, 0.3) is 5.91 Å². The van der Waals surface area contributed by atoms with E-state index >= 15 is 0 Å². The Balaban J connectivity index is 2.74. The number of amides is 3. The van der Waals surface area contributed by atoms with Crippen molar-refractivity contribution in [2.24, 2.45) is 5.73 Å². The zero-order valence-corrected chi connectivity index (χ0v) is 9.64. The number of primary amides is 1. The fourth-order valence-electron chi connectivity index (χ4n) is 1.30. The Labute approximate surface area is 103 Å². The van der Waals surface area contributed by atoms with E-state index in [4.69, 9.17) is 10.5 Å². The third-order valence-corrected chi connectivity index (χ3v) is 2.05. The van der Waals surface area contributed by atoms with Gasteiger partial charge in [-0.1, -0.05) is 0 Å². The van der Waals surface area contributed by atoms with Gasteiger partial charge in [-0.3, -0.25) is 10.1 Å². The maximum Gasteiger partial charge on any atom is 0.318 e. The van der Waals surface area contributed by atoms with Crippen molar-refractivity contribution in [2.45, 2.75) is 13.0 Å². The van der Waals surface area contributed by atoms with Gasteiger partial charge in [-0.05, 0) is 19.1 Å². The van der Waals surface area contributed by atoms with Gasteiger partial charge >= 0.3 is 6.03 Å². The van der Waals surface area contributed by atoms with Crippen LogP contribution in [0.4, 0.5) is 9.18 Å². The number of hydrogen-bond donors (Lipinski definition) is 3. The average Bonchev–Trinajstić information content (AvgIpc) is 2.25. The van der Waals surface area contributed by atoms with Crippen LogP contribution in [0.25, 0.3) is 0 Å². The van der Waals surface area contributed by atoms with Gasteiger partial charge in [0.15, 0.2) is 6.61 Å². The Morgan fingerprint density at radius 1 is 1.56 bits per heavy atom. The molecule has 18 heavy (non-hydrogen) atoms. The summed E-state index contributed by atoms with van der Waals surface area (Å²) in [6, 6.07) is 2.55. The quantitative estimate of drug-likeness (QED) is 0.728. The van der Waals surface area contributed by atoms with E-state index < -0.39 is 30.5 Å². The van der Waals surface area contributed by atoms with Crippen molar-refractivity contribution in [1.29, 1.82) is 0 Å². The normalized spacial score (nSPS) is 11.7. The van der Waals surface area contributed by atoms with Gasteiger partial charge < -0.3 is 15.6 Å². The second-order valence-corrected chi connectivity index (χ2v) is 3.56. The second-order valence-electron chi connectivity index (χ2n) is 3.56. The first-order chi connectivity index (χ1) is 8.40. The molecule has 4 N–H and O–H groups in total. The minimum atomic E-state index is -1.00. The number of hydrogen-bond acceptors (Lipinski definition) is 4. The molecule has 0 heterocycles. The van der Waals surface area contributed by atoms with Crippen LogP contribution >= 0.6 is 0 Å². The molecule has 1 aromatic carbocycles. The highest BCUT2D eigenvalue weighted by atomic mass is 19.1. The predicted molar refractivity (Wildman–Crippen MR) is 60.3 cm³/mol. The van der Waals surface area contributed by atoms with Crippen molar-refractivity contribution < 1.29 is 23.8 Å². The maximum atomic E-state index is 13.0. The SMILES string of the molecule is C[C@H](O)c1ccc(F)cc1OCC(=O)NC(N)=O. The molecule has 0 saturated carbocycles. The van der Waals surface area contributed by atoms with E-state index in [0.717, 1.165) is 6.07 Å². The molecule has 0 aliphatic rings. The van der Waals surface area contributed by atoms with Gasteiger partial charge in [-0.2, -0.15) is 0 Å². The molecular formula is C11H13FN2O4. The monoisotopic (exact) mass is 256 g/mol. The number of imide groups is 1. The van der Waals surface area contributed by atoms with Crippen LogP contribution in [0.15, 0.2) is 18.2 Å². The van der Waals surface area contributed by atoms with Crippen molar-refractivity contribution in [2.75, 3.05) is 6.61 Å². The van der Waals surface area contributed by atoms with Gasteiger partial charge in [0.2, 0.25) is 0 Å². The molecule has 0 fully saturated rings. The molecule has 0 aliphatic heterocycles. The molecule has 3 amide bonds. The largest absolute Gasteiger partial charge is 0.483 e. The standard InChI is InChI=1S/C11H13FN2O4/c1-6(15)8-3-2-7(12)4-9(8)18-5-10(16)14-11(13)17/h2-4,6,15H,5H2,1H3,(H3,13,14,16,17)/t6-/m0/s1. The number of nitrogens with two attached hydrogens (primary N) is 1. The topological polar surface area (TPSA) is 102 Å². The first-order valence-corrected chi connectivity index (χ1v) is 5.09. The molecule has 0 aliphatic carbocycles. The van der Waals surface area contributed by atoms with Crippen LogP contribution in [0.1, 0.15) is 18.6 Å². The molecule has 0 saturated heterocycles. The van der Waals surface area contributed by atoms with E-state index in [0.29, 0.717) is 5.56 Å². The van der Waals surface area contributed by atoms with E-state index in [1.165, 1.54) is 19.1 Å². The molecule has 0 bridgehead atoms. The van der Waals surface area contributed by atoms with E-state index in [2.05, 4.69) is 0 Å². The third kappa shape index (κ3) is 4.02. The van der Waals surface area contributed by atoms with Crippen molar-refractivity contribution >= 4 is 11.9 Å². The summed E-state index contributed by atoms with van der Waals surface area (Å²) in [7, 11) is 0. The summed E-state index contributed by atoms with van der Waals surface area (Å²) in [5.74, 6) is -1.29. The van der Waals surface area contributed by atoms with Crippen LogP contribution in [0.5, 0.6) is 5.75 Å². The summed E-state index contributed by atoms with van der Waals surface area (Å²) in [6.07, 6.45) is -0.875. The zero-order valence-electron chi connectivity index (χ0n) is 9.64. The second kappa shape index (κ2) is 5.97. The minimum Gasteiger partial charge on any atom is -0.483 e. The van der Waals surface area contributed by atoms with Crippen LogP contribution < -0.4 is 15.8 Å². The summed E-state index contributed by atoms with van der Waals surface area (Å²) in [5.41, 5.74) is 5.07. The summed E-state index contributed by atoms with van der Waals surface area (Å²) >= 11 is 0. The summed E-state index contributed by atoms with van der Waals surface area (Å²) in [4.78, 5) is 21.5.